The molecule has 1 fully saturated rings. The molecule has 1 saturated heterocycles. The lowest BCUT2D eigenvalue weighted by atomic mass is 9.96. The van der Waals surface area contributed by atoms with Crippen LogP contribution in [0.25, 0.3) is 22.2 Å². The van der Waals surface area contributed by atoms with Crippen molar-refractivity contribution in [2.24, 2.45) is 5.92 Å². The van der Waals surface area contributed by atoms with E-state index < -0.39 is 0 Å². The number of carbonyl (C=O) groups is 1. The van der Waals surface area contributed by atoms with Crippen LogP contribution in [0.1, 0.15) is 23.2 Å². The van der Waals surface area contributed by atoms with Gasteiger partial charge < -0.3 is 9.47 Å². The zero-order valence-corrected chi connectivity index (χ0v) is 16.5. The van der Waals surface area contributed by atoms with E-state index in [-0.39, 0.29) is 11.7 Å². The van der Waals surface area contributed by atoms with Crippen molar-refractivity contribution in [2.75, 3.05) is 13.1 Å². The van der Waals surface area contributed by atoms with E-state index in [0.717, 1.165) is 41.5 Å². The van der Waals surface area contributed by atoms with E-state index in [1.165, 1.54) is 12.1 Å². The van der Waals surface area contributed by atoms with Crippen LogP contribution in [0.5, 0.6) is 0 Å². The Bertz CT molecular complexity index is 1180. The summed E-state index contributed by atoms with van der Waals surface area (Å²) in [4.78, 5) is 19.0. The van der Waals surface area contributed by atoms with E-state index >= 15 is 0 Å². The van der Waals surface area contributed by atoms with Gasteiger partial charge in [-0.05, 0) is 54.7 Å². The number of nitrogens with one attached hydrogen (secondary N) is 1. The Morgan fingerprint density at radius 2 is 2.00 bits per heavy atom. The van der Waals surface area contributed by atoms with E-state index in [9.17, 15) is 9.18 Å². The number of hydrogen-bond acceptors (Lipinski definition) is 3. The Morgan fingerprint density at radius 3 is 2.77 bits per heavy atom. The molecule has 2 aromatic carbocycles. The Labute approximate surface area is 173 Å². The number of aromatic nitrogens is 4. The molecule has 1 amide bonds. The lowest BCUT2D eigenvalue weighted by Gasteiger charge is -2.32. The van der Waals surface area contributed by atoms with Crippen molar-refractivity contribution in [1.29, 1.82) is 0 Å². The number of likely N-dealkylation sites (tertiary alicyclic amines) is 1. The lowest BCUT2D eigenvalue weighted by Crippen LogP contribution is -2.39. The summed E-state index contributed by atoms with van der Waals surface area (Å²) in [6.07, 6.45) is 7.42. The van der Waals surface area contributed by atoms with Gasteiger partial charge in [-0.2, -0.15) is 5.10 Å². The molecular formula is C23H22FN5O. The Hall–Kier alpha value is -3.48. The largest absolute Gasteiger partial charge is 0.339 e. The number of carbonyl (C=O) groups excluding carboxylic acids is 1. The molecule has 7 heteroatoms. The molecule has 0 unspecified atom stereocenters. The number of hydrogen-bond donors (Lipinski definition) is 1. The van der Waals surface area contributed by atoms with Crippen molar-refractivity contribution in [1.82, 2.24) is 24.6 Å². The normalized spacial score (nSPS) is 15.0. The standard InChI is InChI=1S/C23H22FN5O/c24-20-3-1-2-18(10-20)23(30)28-8-6-16(7-9-28)14-29-15-25-21-11-17(4-5-22(21)29)19-12-26-27-13-19/h1-5,10-13,15-16H,6-9,14H2,(H,26,27). The minimum atomic E-state index is -0.376. The molecule has 0 atom stereocenters. The van der Waals surface area contributed by atoms with Crippen molar-refractivity contribution in [2.45, 2.75) is 19.4 Å². The Kier molecular flexibility index (Phi) is 4.78. The van der Waals surface area contributed by atoms with Gasteiger partial charge in [0.25, 0.3) is 5.91 Å². The number of amides is 1. The van der Waals surface area contributed by atoms with Crippen molar-refractivity contribution in [3.05, 3.63) is 72.6 Å². The summed E-state index contributed by atoms with van der Waals surface area (Å²) in [5.41, 5.74) is 4.63. The fourth-order valence-corrected chi connectivity index (χ4v) is 4.20. The van der Waals surface area contributed by atoms with Crippen LogP contribution < -0.4 is 0 Å². The second-order valence-electron chi connectivity index (χ2n) is 7.83. The van der Waals surface area contributed by atoms with Crippen molar-refractivity contribution in [3.8, 4) is 11.1 Å². The van der Waals surface area contributed by atoms with Crippen LogP contribution >= 0.6 is 0 Å². The number of benzene rings is 2. The maximum absolute atomic E-state index is 13.4. The third kappa shape index (κ3) is 3.58. The first-order chi connectivity index (χ1) is 14.7. The predicted octanol–water partition coefficient (Wildman–Crippen LogP) is 4.12. The molecule has 1 aliphatic rings. The molecule has 0 aliphatic carbocycles. The number of H-pyrrole nitrogens is 1. The van der Waals surface area contributed by atoms with Crippen LogP contribution in [0.2, 0.25) is 0 Å². The van der Waals surface area contributed by atoms with Crippen LogP contribution in [-0.4, -0.2) is 43.6 Å². The van der Waals surface area contributed by atoms with E-state index in [1.54, 1.807) is 18.3 Å². The van der Waals surface area contributed by atoms with Crippen LogP contribution in [0.15, 0.2) is 61.2 Å². The molecule has 4 aromatic rings. The highest BCUT2D eigenvalue weighted by molar-refractivity contribution is 5.94. The first-order valence-corrected chi connectivity index (χ1v) is 10.2. The van der Waals surface area contributed by atoms with Gasteiger partial charge in [-0.1, -0.05) is 12.1 Å². The smallest absolute Gasteiger partial charge is 0.253 e. The molecule has 30 heavy (non-hydrogen) atoms. The van der Waals surface area contributed by atoms with Crippen LogP contribution in [0, 0.1) is 11.7 Å². The van der Waals surface area contributed by atoms with Gasteiger partial charge in [0.15, 0.2) is 0 Å². The monoisotopic (exact) mass is 403 g/mol. The third-order valence-corrected chi connectivity index (χ3v) is 5.88. The minimum Gasteiger partial charge on any atom is -0.339 e. The van der Waals surface area contributed by atoms with E-state index in [1.807, 2.05) is 17.4 Å². The summed E-state index contributed by atoms with van der Waals surface area (Å²) in [6.45, 7) is 2.26. The predicted molar refractivity (Wildman–Crippen MR) is 112 cm³/mol. The minimum absolute atomic E-state index is 0.0900. The fraction of sp³-hybridized carbons (Fsp3) is 0.261. The maximum Gasteiger partial charge on any atom is 0.253 e. The van der Waals surface area contributed by atoms with Crippen molar-refractivity contribution in [3.63, 3.8) is 0 Å². The molecular weight excluding hydrogens is 381 g/mol. The highest BCUT2D eigenvalue weighted by Crippen LogP contribution is 2.26. The zero-order valence-electron chi connectivity index (χ0n) is 16.5. The van der Waals surface area contributed by atoms with Gasteiger partial charge >= 0.3 is 0 Å². The zero-order chi connectivity index (χ0) is 20.5. The number of rotatable bonds is 4. The van der Waals surface area contributed by atoms with Crippen LogP contribution in [0.3, 0.4) is 0 Å². The highest BCUT2D eigenvalue weighted by Gasteiger charge is 2.24. The van der Waals surface area contributed by atoms with Gasteiger partial charge in [-0.15, -0.1) is 0 Å². The molecule has 0 spiro atoms. The first kappa shape index (κ1) is 18.5. The molecule has 1 aliphatic heterocycles. The number of piperidine rings is 1. The first-order valence-electron chi connectivity index (χ1n) is 10.2. The maximum atomic E-state index is 13.4. The second-order valence-corrected chi connectivity index (χ2v) is 7.83. The summed E-state index contributed by atoms with van der Waals surface area (Å²) in [6, 6.07) is 12.2. The number of halogens is 1. The molecule has 0 saturated carbocycles. The fourth-order valence-electron chi connectivity index (χ4n) is 4.20. The van der Waals surface area contributed by atoms with E-state index in [2.05, 4.69) is 37.9 Å². The molecule has 2 aromatic heterocycles. The lowest BCUT2D eigenvalue weighted by molar-refractivity contribution is 0.0683. The molecule has 5 rings (SSSR count). The van der Waals surface area contributed by atoms with Gasteiger partial charge in [0.2, 0.25) is 0 Å². The Morgan fingerprint density at radius 1 is 1.13 bits per heavy atom. The van der Waals surface area contributed by atoms with Crippen LogP contribution in [0.4, 0.5) is 4.39 Å². The number of aromatic amines is 1. The summed E-state index contributed by atoms with van der Waals surface area (Å²) >= 11 is 0. The van der Waals surface area contributed by atoms with Gasteiger partial charge in [0, 0.05) is 37.0 Å². The number of imidazole rings is 1. The van der Waals surface area contributed by atoms with Crippen molar-refractivity contribution < 1.29 is 9.18 Å². The quantitative estimate of drug-likeness (QED) is 0.557. The summed E-state index contributed by atoms with van der Waals surface area (Å²) in [7, 11) is 0. The van der Waals surface area contributed by atoms with Gasteiger partial charge in [0.05, 0.1) is 23.6 Å². The second kappa shape index (κ2) is 7.74. The molecule has 0 bridgehead atoms. The average molecular weight is 403 g/mol. The summed E-state index contributed by atoms with van der Waals surface area (Å²) in [5, 5.41) is 6.84. The third-order valence-electron chi connectivity index (χ3n) is 5.88. The van der Waals surface area contributed by atoms with Gasteiger partial charge in [-0.3, -0.25) is 9.89 Å². The van der Waals surface area contributed by atoms with E-state index in [4.69, 9.17) is 0 Å². The summed E-state index contributed by atoms with van der Waals surface area (Å²) in [5.74, 6) is 0.0129. The molecule has 3 heterocycles. The van der Waals surface area contributed by atoms with Crippen LogP contribution in [-0.2, 0) is 6.54 Å². The SMILES string of the molecule is O=C(c1cccc(F)c1)N1CCC(Cn2cnc3cc(-c4cn[nH]c4)ccc32)CC1. The summed E-state index contributed by atoms with van der Waals surface area (Å²) < 4.78 is 15.6. The average Bonchev–Trinajstić information content (AvgIpc) is 3.44. The molecule has 0 radical (unpaired) electrons. The number of fused-ring (bicyclic) bond motifs is 1. The number of nitrogens with zero attached hydrogens (tertiary/aromatic N) is 4. The van der Waals surface area contributed by atoms with Gasteiger partial charge in [-0.25, -0.2) is 9.37 Å². The molecule has 1 N–H and O–H groups in total. The Balaban J connectivity index is 1.24. The van der Waals surface area contributed by atoms with Crippen molar-refractivity contribution >= 4 is 16.9 Å². The van der Waals surface area contributed by atoms with Gasteiger partial charge in [0.1, 0.15) is 5.82 Å². The highest BCUT2D eigenvalue weighted by atomic mass is 19.1. The molecule has 6 nitrogen and oxygen atoms in total. The van der Waals surface area contributed by atoms with E-state index in [0.29, 0.717) is 24.6 Å². The molecule has 152 valence electrons. The topological polar surface area (TPSA) is 66.8 Å².